The molecule has 0 radical (unpaired) electrons. The van der Waals surface area contributed by atoms with Gasteiger partial charge in [-0.25, -0.2) is 0 Å². The fourth-order valence-electron chi connectivity index (χ4n) is 1.97. The average Bonchev–Trinajstić information content (AvgIpc) is 2.78. The monoisotopic (exact) mass is 309 g/mol. The zero-order chi connectivity index (χ0) is 13.1. The maximum Gasteiger partial charge on any atom is 0.125 e. The summed E-state index contributed by atoms with van der Waals surface area (Å²) in [5, 5.41) is 7.71. The molecule has 0 aliphatic carbocycles. The molecule has 96 valence electrons. The van der Waals surface area contributed by atoms with Crippen LogP contribution in [0.25, 0.3) is 0 Å². The van der Waals surface area contributed by atoms with Gasteiger partial charge in [-0.2, -0.15) is 5.10 Å². The predicted molar refractivity (Wildman–Crippen MR) is 74.8 cm³/mol. The van der Waals surface area contributed by atoms with Crippen molar-refractivity contribution < 1.29 is 4.74 Å². The summed E-state index contributed by atoms with van der Waals surface area (Å²) in [7, 11) is 5.51. The SMILES string of the molecule is CNC(c1ccn(C)n1)c1ccc(Br)cc1OC. The summed E-state index contributed by atoms with van der Waals surface area (Å²) < 4.78 is 8.23. The van der Waals surface area contributed by atoms with E-state index in [0.717, 1.165) is 21.5 Å². The van der Waals surface area contributed by atoms with Gasteiger partial charge in [-0.1, -0.05) is 22.0 Å². The molecular weight excluding hydrogens is 294 g/mol. The largest absolute Gasteiger partial charge is 0.496 e. The lowest BCUT2D eigenvalue weighted by Crippen LogP contribution is -2.19. The molecule has 0 aliphatic rings. The number of rotatable bonds is 4. The number of aromatic nitrogens is 2. The van der Waals surface area contributed by atoms with E-state index in [1.807, 2.05) is 44.6 Å². The first kappa shape index (κ1) is 13.1. The molecule has 0 amide bonds. The third-order valence-electron chi connectivity index (χ3n) is 2.83. The second-order valence-electron chi connectivity index (χ2n) is 4.02. The topological polar surface area (TPSA) is 39.1 Å². The standard InChI is InChI=1S/C13H16BrN3O/c1-15-13(11-6-7-17(2)16-11)10-5-4-9(14)8-12(10)18-3/h4-8,13,15H,1-3H3. The maximum atomic E-state index is 5.43. The summed E-state index contributed by atoms with van der Waals surface area (Å²) in [5.74, 6) is 0.842. The van der Waals surface area contributed by atoms with Crippen molar-refractivity contribution in [2.75, 3.05) is 14.2 Å². The highest BCUT2D eigenvalue weighted by atomic mass is 79.9. The van der Waals surface area contributed by atoms with Gasteiger partial charge in [0.05, 0.1) is 18.8 Å². The quantitative estimate of drug-likeness (QED) is 0.943. The van der Waals surface area contributed by atoms with Crippen molar-refractivity contribution in [1.29, 1.82) is 0 Å². The van der Waals surface area contributed by atoms with Crippen molar-refractivity contribution in [3.05, 3.63) is 46.2 Å². The molecule has 0 fully saturated rings. The Bertz CT molecular complexity index is 539. The molecule has 1 aromatic heterocycles. The normalized spacial score (nSPS) is 12.4. The second-order valence-corrected chi connectivity index (χ2v) is 4.94. The minimum absolute atomic E-state index is 0.0225. The van der Waals surface area contributed by atoms with Gasteiger partial charge in [0.1, 0.15) is 5.75 Å². The molecule has 5 heteroatoms. The van der Waals surface area contributed by atoms with Crippen LogP contribution in [0, 0.1) is 0 Å². The van der Waals surface area contributed by atoms with Gasteiger partial charge in [-0.05, 0) is 25.2 Å². The van der Waals surface area contributed by atoms with E-state index in [9.17, 15) is 0 Å². The molecule has 1 N–H and O–H groups in total. The highest BCUT2D eigenvalue weighted by molar-refractivity contribution is 9.10. The van der Waals surface area contributed by atoms with Crippen LogP contribution in [-0.4, -0.2) is 23.9 Å². The Morgan fingerprint density at radius 1 is 1.39 bits per heavy atom. The van der Waals surface area contributed by atoms with Crippen LogP contribution in [0.4, 0.5) is 0 Å². The fourth-order valence-corrected chi connectivity index (χ4v) is 2.31. The number of nitrogens with one attached hydrogen (secondary N) is 1. The number of hydrogen-bond donors (Lipinski definition) is 1. The number of benzene rings is 1. The highest BCUT2D eigenvalue weighted by Gasteiger charge is 2.18. The lowest BCUT2D eigenvalue weighted by Gasteiger charge is -2.17. The third-order valence-corrected chi connectivity index (χ3v) is 3.32. The van der Waals surface area contributed by atoms with Crippen LogP contribution in [0.1, 0.15) is 17.3 Å². The Balaban J connectivity index is 2.44. The van der Waals surface area contributed by atoms with E-state index in [-0.39, 0.29) is 6.04 Å². The van der Waals surface area contributed by atoms with Gasteiger partial charge < -0.3 is 10.1 Å². The van der Waals surface area contributed by atoms with Crippen LogP contribution in [-0.2, 0) is 7.05 Å². The van der Waals surface area contributed by atoms with E-state index < -0.39 is 0 Å². The molecule has 2 aromatic rings. The van der Waals surface area contributed by atoms with E-state index in [1.54, 1.807) is 11.8 Å². The van der Waals surface area contributed by atoms with Crippen LogP contribution in [0.15, 0.2) is 34.9 Å². The molecule has 1 heterocycles. The van der Waals surface area contributed by atoms with E-state index in [2.05, 4.69) is 26.3 Å². The van der Waals surface area contributed by atoms with Crippen molar-refractivity contribution in [3.63, 3.8) is 0 Å². The zero-order valence-corrected chi connectivity index (χ0v) is 12.2. The zero-order valence-electron chi connectivity index (χ0n) is 10.6. The van der Waals surface area contributed by atoms with Crippen LogP contribution in [0.3, 0.4) is 0 Å². The molecule has 2 rings (SSSR count). The van der Waals surface area contributed by atoms with Gasteiger partial charge in [0, 0.05) is 23.3 Å². The molecule has 1 unspecified atom stereocenters. The summed E-state index contributed by atoms with van der Waals surface area (Å²) in [6.07, 6.45) is 1.94. The Morgan fingerprint density at radius 3 is 2.72 bits per heavy atom. The number of ether oxygens (including phenoxy) is 1. The molecule has 0 saturated heterocycles. The highest BCUT2D eigenvalue weighted by Crippen LogP contribution is 2.31. The summed E-state index contributed by atoms with van der Waals surface area (Å²) >= 11 is 3.45. The van der Waals surface area contributed by atoms with Crippen molar-refractivity contribution in [2.24, 2.45) is 7.05 Å². The average molecular weight is 310 g/mol. The number of hydrogen-bond acceptors (Lipinski definition) is 3. The lowest BCUT2D eigenvalue weighted by atomic mass is 10.0. The second kappa shape index (κ2) is 5.54. The van der Waals surface area contributed by atoms with Crippen LogP contribution >= 0.6 is 15.9 Å². The Labute approximate surface area is 115 Å². The predicted octanol–water partition coefficient (Wildman–Crippen LogP) is 2.50. The van der Waals surface area contributed by atoms with Gasteiger partial charge in [-0.3, -0.25) is 4.68 Å². The summed E-state index contributed by atoms with van der Waals surface area (Å²) in [6, 6.07) is 8.03. The van der Waals surface area contributed by atoms with E-state index in [1.165, 1.54) is 0 Å². The molecule has 0 saturated carbocycles. The molecular formula is C13H16BrN3O. The number of nitrogens with zero attached hydrogens (tertiary/aromatic N) is 2. The summed E-state index contributed by atoms with van der Waals surface area (Å²) in [5.41, 5.74) is 2.04. The first-order valence-corrected chi connectivity index (χ1v) is 6.45. The molecule has 0 bridgehead atoms. The van der Waals surface area contributed by atoms with E-state index in [0.29, 0.717) is 0 Å². The number of aryl methyl sites for hydroxylation is 1. The molecule has 4 nitrogen and oxygen atoms in total. The van der Waals surface area contributed by atoms with Crippen LogP contribution in [0.5, 0.6) is 5.75 Å². The lowest BCUT2D eigenvalue weighted by molar-refractivity contribution is 0.404. The van der Waals surface area contributed by atoms with Gasteiger partial charge in [0.15, 0.2) is 0 Å². The molecule has 1 atom stereocenters. The minimum Gasteiger partial charge on any atom is -0.496 e. The molecule has 18 heavy (non-hydrogen) atoms. The molecule has 0 spiro atoms. The van der Waals surface area contributed by atoms with Gasteiger partial charge in [0.25, 0.3) is 0 Å². The first-order chi connectivity index (χ1) is 8.65. The summed E-state index contributed by atoms with van der Waals surface area (Å²) in [6.45, 7) is 0. The third kappa shape index (κ3) is 2.57. The number of methoxy groups -OCH3 is 1. The fraction of sp³-hybridized carbons (Fsp3) is 0.308. The van der Waals surface area contributed by atoms with E-state index in [4.69, 9.17) is 4.74 Å². The Morgan fingerprint density at radius 2 is 2.17 bits per heavy atom. The Hall–Kier alpha value is -1.33. The number of halogens is 1. The van der Waals surface area contributed by atoms with Crippen molar-refractivity contribution in [3.8, 4) is 5.75 Å². The Kier molecular flexibility index (Phi) is 4.04. The first-order valence-electron chi connectivity index (χ1n) is 5.66. The van der Waals surface area contributed by atoms with Crippen molar-refractivity contribution >= 4 is 15.9 Å². The van der Waals surface area contributed by atoms with Crippen molar-refractivity contribution in [1.82, 2.24) is 15.1 Å². The van der Waals surface area contributed by atoms with Crippen LogP contribution in [0.2, 0.25) is 0 Å². The van der Waals surface area contributed by atoms with Crippen molar-refractivity contribution in [2.45, 2.75) is 6.04 Å². The summed E-state index contributed by atoms with van der Waals surface area (Å²) in [4.78, 5) is 0. The van der Waals surface area contributed by atoms with E-state index >= 15 is 0 Å². The van der Waals surface area contributed by atoms with Gasteiger partial charge in [-0.15, -0.1) is 0 Å². The smallest absolute Gasteiger partial charge is 0.125 e. The minimum atomic E-state index is 0.0225. The van der Waals surface area contributed by atoms with Gasteiger partial charge >= 0.3 is 0 Å². The van der Waals surface area contributed by atoms with Gasteiger partial charge in [0.2, 0.25) is 0 Å². The van der Waals surface area contributed by atoms with Crippen LogP contribution < -0.4 is 10.1 Å². The molecule has 1 aromatic carbocycles. The maximum absolute atomic E-state index is 5.43. The molecule has 0 aliphatic heterocycles.